The Morgan fingerprint density at radius 3 is 2.33 bits per heavy atom. The van der Waals surface area contributed by atoms with Gasteiger partial charge < -0.3 is 4.90 Å². The fourth-order valence-corrected chi connectivity index (χ4v) is 2.67. The van der Waals surface area contributed by atoms with E-state index in [4.69, 9.17) is 0 Å². The Hall–Kier alpha value is -1.42. The molecule has 0 radical (unpaired) electrons. The van der Waals surface area contributed by atoms with Crippen LogP contribution in [-0.2, 0) is 0 Å². The predicted octanol–water partition coefficient (Wildman–Crippen LogP) is 3.02. The minimum absolute atomic E-state index is 0.0110. The smallest absolute Gasteiger partial charge is 0.253 e. The van der Waals surface area contributed by atoms with Crippen molar-refractivity contribution in [3.63, 3.8) is 0 Å². The van der Waals surface area contributed by atoms with Crippen molar-refractivity contribution in [1.82, 2.24) is 9.80 Å². The highest BCUT2D eigenvalue weighted by Gasteiger charge is 2.21. The van der Waals surface area contributed by atoms with Crippen LogP contribution in [0.5, 0.6) is 0 Å². The van der Waals surface area contributed by atoms with Gasteiger partial charge in [-0.3, -0.25) is 9.69 Å². The molecule has 0 spiro atoms. The third kappa shape index (κ3) is 4.81. The molecule has 0 atom stereocenters. The molecule has 3 nitrogen and oxygen atoms in total. The molecule has 0 aliphatic carbocycles. The fraction of sp³-hybridized carbons (Fsp3) is 0.588. The molecule has 1 aromatic rings. The Morgan fingerprint density at radius 2 is 1.76 bits per heavy atom. The second kappa shape index (κ2) is 7.55. The fourth-order valence-electron chi connectivity index (χ4n) is 2.67. The van der Waals surface area contributed by atoms with Gasteiger partial charge in [0.05, 0.1) is 0 Å². The van der Waals surface area contributed by atoms with E-state index in [1.54, 1.807) is 12.1 Å². The Bertz CT molecular complexity index is 450. The zero-order valence-electron chi connectivity index (χ0n) is 13.0. The van der Waals surface area contributed by atoms with Crippen LogP contribution in [0.1, 0.15) is 37.0 Å². The molecule has 1 aliphatic heterocycles. The van der Waals surface area contributed by atoms with E-state index in [1.165, 1.54) is 25.0 Å². The Labute approximate surface area is 126 Å². The Balaban J connectivity index is 1.78. The monoisotopic (exact) mass is 292 g/mol. The molecule has 2 rings (SSSR count). The molecular weight excluding hydrogens is 267 g/mol. The molecule has 1 amide bonds. The van der Waals surface area contributed by atoms with Gasteiger partial charge in [0, 0.05) is 31.7 Å². The number of hydrogen-bond acceptors (Lipinski definition) is 2. The molecule has 0 saturated carbocycles. The summed E-state index contributed by atoms with van der Waals surface area (Å²) in [7, 11) is 0. The highest BCUT2D eigenvalue weighted by Crippen LogP contribution is 2.11. The lowest BCUT2D eigenvalue weighted by Crippen LogP contribution is -2.48. The summed E-state index contributed by atoms with van der Waals surface area (Å²) in [5.74, 6) is 0.463. The summed E-state index contributed by atoms with van der Waals surface area (Å²) < 4.78 is 12.9. The van der Waals surface area contributed by atoms with Crippen LogP contribution in [0.2, 0.25) is 0 Å². The van der Waals surface area contributed by atoms with Crippen LogP contribution in [0, 0.1) is 11.7 Å². The van der Waals surface area contributed by atoms with Crippen molar-refractivity contribution in [3.05, 3.63) is 35.6 Å². The molecule has 1 fully saturated rings. The Kier molecular flexibility index (Phi) is 5.74. The van der Waals surface area contributed by atoms with E-state index in [2.05, 4.69) is 18.7 Å². The average molecular weight is 292 g/mol. The van der Waals surface area contributed by atoms with E-state index in [0.717, 1.165) is 38.6 Å². The molecule has 0 N–H and O–H groups in total. The first-order valence-corrected chi connectivity index (χ1v) is 7.83. The summed E-state index contributed by atoms with van der Waals surface area (Å²) in [6, 6.07) is 5.81. The van der Waals surface area contributed by atoms with Gasteiger partial charge >= 0.3 is 0 Å². The number of hydrogen-bond donors (Lipinski definition) is 0. The van der Waals surface area contributed by atoms with Crippen molar-refractivity contribution in [2.24, 2.45) is 5.92 Å². The zero-order chi connectivity index (χ0) is 15.2. The molecule has 1 aromatic carbocycles. The lowest BCUT2D eigenvalue weighted by molar-refractivity contribution is 0.0634. The molecule has 1 aliphatic rings. The molecule has 1 heterocycles. The number of nitrogens with zero attached hydrogens (tertiary/aromatic N) is 2. The quantitative estimate of drug-likeness (QED) is 0.833. The molecule has 0 unspecified atom stereocenters. The number of carbonyl (C=O) groups excluding carboxylic acids is 1. The van der Waals surface area contributed by atoms with Crippen molar-refractivity contribution < 1.29 is 9.18 Å². The zero-order valence-corrected chi connectivity index (χ0v) is 13.0. The molecule has 0 aromatic heterocycles. The van der Waals surface area contributed by atoms with E-state index >= 15 is 0 Å². The van der Waals surface area contributed by atoms with Crippen LogP contribution in [0.25, 0.3) is 0 Å². The molecule has 21 heavy (non-hydrogen) atoms. The van der Waals surface area contributed by atoms with Gasteiger partial charge in [-0.2, -0.15) is 0 Å². The second-order valence-electron chi connectivity index (χ2n) is 6.18. The lowest BCUT2D eigenvalue weighted by atomic mass is 10.1. The number of rotatable bonds is 5. The summed E-state index contributed by atoms with van der Waals surface area (Å²) in [5, 5.41) is 0. The molecular formula is C17H25FN2O. The molecule has 4 heteroatoms. The van der Waals surface area contributed by atoms with Crippen molar-refractivity contribution >= 4 is 5.91 Å². The highest BCUT2D eigenvalue weighted by atomic mass is 19.1. The first kappa shape index (κ1) is 16.0. The van der Waals surface area contributed by atoms with E-state index in [1.807, 2.05) is 4.90 Å². The van der Waals surface area contributed by atoms with Crippen molar-refractivity contribution in [2.45, 2.75) is 26.7 Å². The minimum Gasteiger partial charge on any atom is -0.336 e. The first-order chi connectivity index (χ1) is 10.1. The van der Waals surface area contributed by atoms with E-state index in [0.29, 0.717) is 5.56 Å². The summed E-state index contributed by atoms with van der Waals surface area (Å²) >= 11 is 0. The second-order valence-corrected chi connectivity index (χ2v) is 6.18. The van der Waals surface area contributed by atoms with Crippen LogP contribution in [0.15, 0.2) is 24.3 Å². The highest BCUT2D eigenvalue weighted by molar-refractivity contribution is 5.94. The van der Waals surface area contributed by atoms with Gasteiger partial charge in [-0.15, -0.1) is 0 Å². The first-order valence-electron chi connectivity index (χ1n) is 7.83. The van der Waals surface area contributed by atoms with Crippen LogP contribution in [0.3, 0.4) is 0 Å². The summed E-state index contributed by atoms with van der Waals surface area (Å²) in [5.41, 5.74) is 0.574. The van der Waals surface area contributed by atoms with Gasteiger partial charge in [-0.05, 0) is 49.6 Å². The average Bonchev–Trinajstić information content (AvgIpc) is 2.48. The van der Waals surface area contributed by atoms with Crippen LogP contribution >= 0.6 is 0 Å². The number of piperazine rings is 1. The van der Waals surface area contributed by atoms with Gasteiger partial charge in [0.25, 0.3) is 5.91 Å². The minimum atomic E-state index is -0.304. The Morgan fingerprint density at radius 1 is 1.14 bits per heavy atom. The number of benzene rings is 1. The van der Waals surface area contributed by atoms with Gasteiger partial charge in [0.15, 0.2) is 0 Å². The van der Waals surface area contributed by atoms with Crippen LogP contribution < -0.4 is 0 Å². The van der Waals surface area contributed by atoms with Crippen LogP contribution in [0.4, 0.5) is 4.39 Å². The van der Waals surface area contributed by atoms with Crippen molar-refractivity contribution in [3.8, 4) is 0 Å². The lowest BCUT2D eigenvalue weighted by Gasteiger charge is -2.34. The SMILES string of the molecule is CC(C)CCCN1CCN(C(=O)c2ccc(F)cc2)CC1. The molecule has 1 saturated heterocycles. The molecule has 0 bridgehead atoms. The van der Waals surface area contributed by atoms with Gasteiger partial charge in [0.1, 0.15) is 5.82 Å². The van der Waals surface area contributed by atoms with Gasteiger partial charge in [-0.1, -0.05) is 13.8 Å². The topological polar surface area (TPSA) is 23.6 Å². The summed E-state index contributed by atoms with van der Waals surface area (Å²) in [6.07, 6.45) is 2.48. The van der Waals surface area contributed by atoms with E-state index < -0.39 is 0 Å². The third-order valence-electron chi connectivity index (χ3n) is 4.01. The summed E-state index contributed by atoms with van der Waals surface area (Å²) in [4.78, 5) is 16.6. The number of halogens is 1. The maximum atomic E-state index is 12.9. The maximum absolute atomic E-state index is 12.9. The summed E-state index contributed by atoms with van der Waals surface area (Å²) in [6.45, 7) is 9.02. The largest absolute Gasteiger partial charge is 0.336 e. The van der Waals surface area contributed by atoms with Crippen molar-refractivity contribution in [1.29, 1.82) is 0 Å². The number of carbonyl (C=O) groups is 1. The third-order valence-corrected chi connectivity index (χ3v) is 4.01. The van der Waals surface area contributed by atoms with E-state index in [9.17, 15) is 9.18 Å². The van der Waals surface area contributed by atoms with Gasteiger partial charge in [0.2, 0.25) is 0 Å². The number of amides is 1. The van der Waals surface area contributed by atoms with Gasteiger partial charge in [-0.25, -0.2) is 4.39 Å². The maximum Gasteiger partial charge on any atom is 0.253 e. The van der Waals surface area contributed by atoms with Crippen LogP contribution in [-0.4, -0.2) is 48.4 Å². The molecule has 116 valence electrons. The van der Waals surface area contributed by atoms with Crippen molar-refractivity contribution in [2.75, 3.05) is 32.7 Å². The standard InChI is InChI=1S/C17H25FN2O/c1-14(2)4-3-9-19-10-12-20(13-11-19)17(21)15-5-7-16(18)8-6-15/h5-8,14H,3-4,9-13H2,1-2H3. The predicted molar refractivity (Wildman–Crippen MR) is 82.8 cm³/mol. The normalized spacial score (nSPS) is 16.5. The van der Waals surface area contributed by atoms with E-state index in [-0.39, 0.29) is 11.7 Å².